The van der Waals surface area contributed by atoms with Crippen LogP contribution < -0.4 is 9.99 Å². The van der Waals surface area contributed by atoms with Gasteiger partial charge in [-0.25, -0.2) is 5.43 Å². The van der Waals surface area contributed by atoms with E-state index < -0.39 is 0 Å². The Morgan fingerprint density at radius 1 is 1.20 bits per heavy atom. The Kier molecular flexibility index (Phi) is 5.00. The molecule has 0 aliphatic heterocycles. The number of hydrazone groups is 1. The minimum absolute atomic E-state index is 0.150. The van der Waals surface area contributed by atoms with Gasteiger partial charge in [-0.15, -0.1) is 0 Å². The summed E-state index contributed by atoms with van der Waals surface area (Å²) in [6.07, 6.45) is 6.34. The summed E-state index contributed by atoms with van der Waals surface area (Å²) in [5.41, 5.74) is 4.77. The lowest BCUT2D eigenvalue weighted by Crippen LogP contribution is -2.40. The van der Waals surface area contributed by atoms with Gasteiger partial charge in [0.25, 0.3) is 0 Å². The van der Waals surface area contributed by atoms with Crippen LogP contribution in [0.2, 0.25) is 0 Å². The van der Waals surface area contributed by atoms with Crippen molar-refractivity contribution < 1.29 is 9.36 Å². The third kappa shape index (κ3) is 4.31. The topological polar surface area (TPSA) is 45.3 Å². The number of pyridine rings is 1. The van der Waals surface area contributed by atoms with Gasteiger partial charge >= 0.3 is 5.91 Å². The first-order valence-electron chi connectivity index (χ1n) is 6.63. The standard InChI is InChI=1S/C16H17N3O/c1-2-14-6-8-15(9-7-14)12-17-18-16(20)13-19-10-4-3-5-11-19/h3-12H,2,13H2,1H3/p+1/b17-12-. The molecule has 4 heteroatoms. The van der Waals surface area contributed by atoms with Crippen LogP contribution in [0.3, 0.4) is 0 Å². The maximum absolute atomic E-state index is 11.7. The Hall–Kier alpha value is -2.49. The average Bonchev–Trinajstić information content (AvgIpc) is 2.49. The average molecular weight is 268 g/mol. The molecule has 0 saturated carbocycles. The van der Waals surface area contributed by atoms with Gasteiger partial charge in [-0.3, -0.25) is 4.79 Å². The van der Waals surface area contributed by atoms with Gasteiger partial charge in [0.15, 0.2) is 12.4 Å². The van der Waals surface area contributed by atoms with E-state index in [0.717, 1.165) is 12.0 Å². The fourth-order valence-corrected chi connectivity index (χ4v) is 1.76. The number of amides is 1. The quantitative estimate of drug-likeness (QED) is 0.500. The summed E-state index contributed by atoms with van der Waals surface area (Å²) in [5.74, 6) is -0.150. The number of carbonyl (C=O) groups is 1. The van der Waals surface area contributed by atoms with E-state index in [2.05, 4.69) is 29.6 Å². The van der Waals surface area contributed by atoms with Crippen LogP contribution in [0, 0.1) is 0 Å². The van der Waals surface area contributed by atoms with Crippen molar-refractivity contribution in [2.45, 2.75) is 19.9 Å². The molecule has 0 unspecified atom stereocenters. The van der Waals surface area contributed by atoms with Crippen LogP contribution in [-0.4, -0.2) is 12.1 Å². The van der Waals surface area contributed by atoms with E-state index >= 15 is 0 Å². The highest BCUT2D eigenvalue weighted by molar-refractivity contribution is 5.81. The monoisotopic (exact) mass is 268 g/mol. The molecule has 0 atom stereocenters. The molecule has 0 aliphatic rings. The number of nitrogens with one attached hydrogen (secondary N) is 1. The summed E-state index contributed by atoms with van der Waals surface area (Å²) in [6, 6.07) is 13.8. The first kappa shape index (κ1) is 13.9. The summed E-state index contributed by atoms with van der Waals surface area (Å²) in [6.45, 7) is 2.37. The maximum Gasteiger partial charge on any atom is 0.305 e. The van der Waals surface area contributed by atoms with E-state index in [0.29, 0.717) is 0 Å². The molecular weight excluding hydrogens is 250 g/mol. The molecule has 0 bridgehead atoms. The fourth-order valence-electron chi connectivity index (χ4n) is 1.76. The maximum atomic E-state index is 11.7. The number of hydrogen-bond acceptors (Lipinski definition) is 2. The van der Waals surface area contributed by atoms with E-state index in [4.69, 9.17) is 0 Å². The number of aromatic nitrogens is 1. The highest BCUT2D eigenvalue weighted by Gasteiger charge is 2.06. The lowest BCUT2D eigenvalue weighted by molar-refractivity contribution is -0.684. The lowest BCUT2D eigenvalue weighted by atomic mass is 10.1. The molecule has 0 aliphatic carbocycles. The molecule has 2 rings (SSSR count). The molecule has 102 valence electrons. The number of rotatable bonds is 5. The van der Waals surface area contributed by atoms with Gasteiger partial charge < -0.3 is 0 Å². The van der Waals surface area contributed by atoms with E-state index in [1.54, 1.807) is 10.8 Å². The molecule has 0 radical (unpaired) electrons. The van der Waals surface area contributed by atoms with Gasteiger partial charge in [0.2, 0.25) is 6.54 Å². The van der Waals surface area contributed by atoms with Gasteiger partial charge in [0, 0.05) is 12.1 Å². The number of aryl methyl sites for hydroxylation is 1. The molecule has 20 heavy (non-hydrogen) atoms. The van der Waals surface area contributed by atoms with Crippen LogP contribution in [0.15, 0.2) is 60.0 Å². The molecule has 1 amide bonds. The third-order valence-corrected chi connectivity index (χ3v) is 2.89. The number of benzene rings is 1. The summed E-state index contributed by atoms with van der Waals surface area (Å²) in [4.78, 5) is 11.7. The van der Waals surface area contributed by atoms with Gasteiger partial charge in [0.1, 0.15) is 0 Å². The zero-order chi connectivity index (χ0) is 14.2. The second kappa shape index (κ2) is 7.19. The predicted octanol–water partition coefficient (Wildman–Crippen LogP) is 1.69. The summed E-state index contributed by atoms with van der Waals surface area (Å²) in [7, 11) is 0. The van der Waals surface area contributed by atoms with Gasteiger partial charge in [-0.2, -0.15) is 9.67 Å². The van der Waals surface area contributed by atoms with Crippen LogP contribution in [0.1, 0.15) is 18.1 Å². The van der Waals surface area contributed by atoms with Crippen LogP contribution in [-0.2, 0) is 17.8 Å². The highest BCUT2D eigenvalue weighted by atomic mass is 16.2. The van der Waals surface area contributed by atoms with Crippen molar-refractivity contribution in [3.63, 3.8) is 0 Å². The minimum atomic E-state index is -0.150. The Bertz CT molecular complexity index is 576. The highest BCUT2D eigenvalue weighted by Crippen LogP contribution is 2.02. The number of nitrogens with zero attached hydrogens (tertiary/aromatic N) is 2. The molecule has 1 N–H and O–H groups in total. The largest absolute Gasteiger partial charge is 0.305 e. The van der Waals surface area contributed by atoms with Crippen LogP contribution >= 0.6 is 0 Å². The second-order valence-electron chi connectivity index (χ2n) is 4.44. The summed E-state index contributed by atoms with van der Waals surface area (Å²) in [5, 5.41) is 3.96. The normalized spacial score (nSPS) is 10.7. The predicted molar refractivity (Wildman–Crippen MR) is 78.2 cm³/mol. The molecule has 1 aromatic carbocycles. The number of hydrogen-bond donors (Lipinski definition) is 1. The second-order valence-corrected chi connectivity index (χ2v) is 4.44. The van der Waals surface area contributed by atoms with Crippen molar-refractivity contribution in [2.75, 3.05) is 0 Å². The fraction of sp³-hybridized carbons (Fsp3) is 0.188. The Morgan fingerprint density at radius 3 is 2.55 bits per heavy atom. The molecule has 0 saturated heterocycles. The van der Waals surface area contributed by atoms with Gasteiger partial charge in [-0.05, 0) is 17.5 Å². The molecule has 1 heterocycles. The molecule has 0 fully saturated rings. The van der Waals surface area contributed by atoms with Crippen molar-refractivity contribution in [3.8, 4) is 0 Å². The van der Waals surface area contributed by atoms with E-state index in [1.165, 1.54) is 5.56 Å². The Balaban J connectivity index is 1.84. The first-order valence-corrected chi connectivity index (χ1v) is 6.63. The minimum Gasteiger partial charge on any atom is -0.266 e. The first-order chi connectivity index (χ1) is 9.78. The smallest absolute Gasteiger partial charge is 0.266 e. The molecule has 4 nitrogen and oxygen atoms in total. The van der Waals surface area contributed by atoms with Gasteiger partial charge in [0.05, 0.1) is 6.21 Å². The zero-order valence-electron chi connectivity index (χ0n) is 11.5. The van der Waals surface area contributed by atoms with Crippen molar-refractivity contribution in [3.05, 3.63) is 66.0 Å². The lowest BCUT2D eigenvalue weighted by Gasteiger charge is -1.98. The molecule has 0 spiro atoms. The molecule has 2 aromatic rings. The number of carbonyl (C=O) groups excluding carboxylic acids is 1. The summed E-state index contributed by atoms with van der Waals surface area (Å²) < 4.78 is 1.79. The van der Waals surface area contributed by atoms with Crippen LogP contribution in [0.5, 0.6) is 0 Å². The summed E-state index contributed by atoms with van der Waals surface area (Å²) >= 11 is 0. The third-order valence-electron chi connectivity index (χ3n) is 2.89. The van der Waals surface area contributed by atoms with E-state index in [1.807, 2.05) is 42.7 Å². The Morgan fingerprint density at radius 2 is 1.90 bits per heavy atom. The van der Waals surface area contributed by atoms with Crippen molar-refractivity contribution in [2.24, 2.45) is 5.10 Å². The van der Waals surface area contributed by atoms with E-state index in [-0.39, 0.29) is 12.5 Å². The zero-order valence-corrected chi connectivity index (χ0v) is 11.5. The molecule has 1 aromatic heterocycles. The van der Waals surface area contributed by atoms with E-state index in [9.17, 15) is 4.79 Å². The van der Waals surface area contributed by atoms with Crippen LogP contribution in [0.4, 0.5) is 0 Å². The SMILES string of the molecule is CCc1ccc(/C=N\NC(=O)C[n+]2ccccc2)cc1. The molecular formula is C16H18N3O+. The van der Waals surface area contributed by atoms with Crippen molar-refractivity contribution in [1.29, 1.82) is 0 Å². The van der Waals surface area contributed by atoms with Crippen molar-refractivity contribution in [1.82, 2.24) is 5.43 Å². The van der Waals surface area contributed by atoms with Crippen molar-refractivity contribution >= 4 is 12.1 Å². The van der Waals surface area contributed by atoms with Crippen LogP contribution in [0.25, 0.3) is 0 Å². The van der Waals surface area contributed by atoms with Gasteiger partial charge in [-0.1, -0.05) is 37.3 Å². The Labute approximate surface area is 118 Å².